The smallest absolute Gasteiger partial charge is 0.493 e. The van der Waals surface area contributed by atoms with Crippen LogP contribution in [-0.4, -0.2) is 36.9 Å². The van der Waals surface area contributed by atoms with E-state index in [1.54, 1.807) is 13.3 Å². The molecule has 0 atom stereocenters. The van der Waals surface area contributed by atoms with Gasteiger partial charge in [0.1, 0.15) is 11.5 Å². The number of alkyl halides is 3. The minimum absolute atomic E-state index is 0.282. The number of furan rings is 1. The lowest BCUT2D eigenvalue weighted by Crippen LogP contribution is -2.21. The SMILES string of the molecule is COc1cc(CN(C)CCc2ccccn2)cc2cc(-c3ccc(OC(F)(F)F)cc3)oc12. The highest BCUT2D eigenvalue weighted by Gasteiger charge is 2.31. The Labute approximate surface area is 189 Å². The molecule has 0 saturated carbocycles. The molecule has 0 aliphatic carbocycles. The van der Waals surface area contributed by atoms with Gasteiger partial charge in [-0.05, 0) is 67.2 Å². The minimum Gasteiger partial charge on any atom is -0.493 e. The van der Waals surface area contributed by atoms with Crippen LogP contribution in [0.5, 0.6) is 11.5 Å². The molecule has 0 aliphatic rings. The summed E-state index contributed by atoms with van der Waals surface area (Å²) in [5.74, 6) is 0.849. The summed E-state index contributed by atoms with van der Waals surface area (Å²) in [5.41, 5.74) is 3.33. The van der Waals surface area contributed by atoms with Crippen LogP contribution >= 0.6 is 0 Å². The van der Waals surface area contributed by atoms with Gasteiger partial charge in [-0.15, -0.1) is 13.2 Å². The van der Waals surface area contributed by atoms with Crippen molar-refractivity contribution in [2.45, 2.75) is 19.3 Å². The first-order chi connectivity index (χ1) is 15.8. The van der Waals surface area contributed by atoms with E-state index in [-0.39, 0.29) is 5.75 Å². The van der Waals surface area contributed by atoms with Crippen molar-refractivity contribution in [2.75, 3.05) is 20.7 Å². The predicted octanol–water partition coefficient (Wildman–Crippen LogP) is 6.08. The average molecular weight is 456 g/mol. The third-order valence-electron chi connectivity index (χ3n) is 5.16. The first-order valence-electron chi connectivity index (χ1n) is 10.4. The molecule has 0 radical (unpaired) electrons. The zero-order chi connectivity index (χ0) is 23.4. The summed E-state index contributed by atoms with van der Waals surface area (Å²) in [6.45, 7) is 1.56. The molecule has 0 aliphatic heterocycles. The topological polar surface area (TPSA) is 47.7 Å². The molecular formula is C25H23F3N2O3. The van der Waals surface area contributed by atoms with E-state index in [2.05, 4.69) is 14.6 Å². The maximum atomic E-state index is 12.4. The van der Waals surface area contributed by atoms with Crippen molar-refractivity contribution >= 4 is 11.0 Å². The maximum Gasteiger partial charge on any atom is 0.573 e. The Morgan fingerprint density at radius 2 is 1.82 bits per heavy atom. The van der Waals surface area contributed by atoms with Crippen molar-refractivity contribution in [3.8, 4) is 22.8 Å². The maximum absolute atomic E-state index is 12.4. The summed E-state index contributed by atoms with van der Waals surface area (Å²) in [5, 5.41) is 0.855. The first-order valence-corrected chi connectivity index (χ1v) is 10.4. The van der Waals surface area contributed by atoms with Crippen molar-refractivity contribution < 1.29 is 27.1 Å². The van der Waals surface area contributed by atoms with Gasteiger partial charge in [-0.3, -0.25) is 4.98 Å². The van der Waals surface area contributed by atoms with Crippen molar-refractivity contribution in [1.29, 1.82) is 0 Å². The summed E-state index contributed by atoms with van der Waals surface area (Å²) in [6, 6.07) is 17.3. The fourth-order valence-electron chi connectivity index (χ4n) is 3.63. The minimum atomic E-state index is -4.73. The zero-order valence-electron chi connectivity index (χ0n) is 18.2. The lowest BCUT2D eigenvalue weighted by atomic mass is 10.1. The molecule has 5 nitrogen and oxygen atoms in total. The molecule has 0 spiro atoms. The monoisotopic (exact) mass is 456 g/mol. The third kappa shape index (κ3) is 5.84. The molecule has 172 valence electrons. The summed E-state index contributed by atoms with van der Waals surface area (Å²) in [4.78, 5) is 6.56. The van der Waals surface area contributed by atoms with Gasteiger partial charge in [0.25, 0.3) is 0 Å². The van der Waals surface area contributed by atoms with Crippen molar-refractivity contribution in [2.24, 2.45) is 0 Å². The van der Waals surface area contributed by atoms with E-state index in [1.807, 2.05) is 43.4 Å². The van der Waals surface area contributed by atoms with Crippen LogP contribution in [0.25, 0.3) is 22.3 Å². The van der Waals surface area contributed by atoms with Gasteiger partial charge in [0.15, 0.2) is 11.3 Å². The number of aromatic nitrogens is 1. The highest BCUT2D eigenvalue weighted by Crippen LogP contribution is 2.35. The highest BCUT2D eigenvalue weighted by molar-refractivity contribution is 5.88. The molecular weight excluding hydrogens is 433 g/mol. The Morgan fingerprint density at radius 1 is 1.03 bits per heavy atom. The fraction of sp³-hybridized carbons (Fsp3) is 0.240. The molecule has 4 aromatic rings. The molecule has 4 rings (SSSR count). The van der Waals surface area contributed by atoms with Crippen LogP contribution in [-0.2, 0) is 13.0 Å². The quantitative estimate of drug-likeness (QED) is 0.322. The second-order valence-electron chi connectivity index (χ2n) is 7.71. The number of methoxy groups -OCH3 is 1. The lowest BCUT2D eigenvalue weighted by molar-refractivity contribution is -0.274. The Kier molecular flexibility index (Phi) is 6.55. The van der Waals surface area contributed by atoms with Crippen molar-refractivity contribution in [1.82, 2.24) is 9.88 Å². The van der Waals surface area contributed by atoms with Gasteiger partial charge >= 0.3 is 6.36 Å². The largest absolute Gasteiger partial charge is 0.573 e. The molecule has 2 aromatic carbocycles. The van der Waals surface area contributed by atoms with Crippen LogP contribution in [0.2, 0.25) is 0 Å². The Bertz CT molecular complexity index is 1210. The Balaban J connectivity index is 1.51. The number of hydrogen-bond acceptors (Lipinski definition) is 5. The molecule has 0 bridgehead atoms. The fourth-order valence-corrected chi connectivity index (χ4v) is 3.63. The number of halogens is 3. The average Bonchev–Trinajstić information content (AvgIpc) is 3.21. The van der Waals surface area contributed by atoms with Crippen LogP contribution in [0.15, 0.2) is 71.3 Å². The zero-order valence-corrected chi connectivity index (χ0v) is 18.2. The Hall–Kier alpha value is -3.52. The van der Waals surface area contributed by atoms with Crippen LogP contribution < -0.4 is 9.47 Å². The first kappa shape index (κ1) is 22.7. The van der Waals surface area contributed by atoms with Crippen molar-refractivity contribution in [3.05, 3.63) is 78.1 Å². The van der Waals surface area contributed by atoms with Gasteiger partial charge in [0.2, 0.25) is 0 Å². The molecule has 0 unspecified atom stereocenters. The van der Waals surface area contributed by atoms with Gasteiger partial charge in [-0.2, -0.15) is 0 Å². The summed E-state index contributed by atoms with van der Waals surface area (Å²) in [7, 11) is 3.62. The second kappa shape index (κ2) is 9.54. The number of rotatable bonds is 8. The number of pyridine rings is 1. The number of ether oxygens (including phenoxy) is 2. The number of likely N-dealkylation sites (N-methyl/N-ethyl adjacent to an activating group) is 1. The van der Waals surface area contributed by atoms with E-state index < -0.39 is 6.36 Å². The lowest BCUT2D eigenvalue weighted by Gasteiger charge is -2.17. The third-order valence-corrected chi connectivity index (χ3v) is 5.16. The normalized spacial score (nSPS) is 11.8. The standard InChI is InChI=1S/C25H23F3N2O3/c1-30(12-10-20-5-3-4-11-29-20)16-17-13-19-15-22(32-24(19)23(14-17)31-2)18-6-8-21(9-7-18)33-25(26,27)28/h3-9,11,13-15H,10,12,16H2,1-2H3. The number of fused-ring (bicyclic) bond motifs is 1. The van der Waals surface area contributed by atoms with Crippen LogP contribution in [0.1, 0.15) is 11.3 Å². The molecule has 0 fully saturated rings. The van der Waals surface area contributed by atoms with E-state index in [0.717, 1.165) is 29.6 Å². The molecule has 2 heterocycles. The molecule has 0 saturated heterocycles. The van der Waals surface area contributed by atoms with Crippen LogP contribution in [0.3, 0.4) is 0 Å². The number of nitrogens with zero attached hydrogens (tertiary/aromatic N) is 2. The molecule has 2 aromatic heterocycles. The van der Waals surface area contributed by atoms with Gasteiger partial charge in [0.05, 0.1) is 7.11 Å². The van der Waals surface area contributed by atoms with Crippen LogP contribution in [0, 0.1) is 0 Å². The highest BCUT2D eigenvalue weighted by atomic mass is 19.4. The van der Waals surface area contributed by atoms with Gasteiger partial charge in [0, 0.05) is 42.4 Å². The van der Waals surface area contributed by atoms with E-state index in [0.29, 0.717) is 29.2 Å². The van der Waals surface area contributed by atoms with Gasteiger partial charge in [-0.1, -0.05) is 6.07 Å². The van der Waals surface area contributed by atoms with E-state index in [9.17, 15) is 13.2 Å². The number of hydrogen-bond donors (Lipinski definition) is 0. The van der Waals surface area contributed by atoms with E-state index in [4.69, 9.17) is 9.15 Å². The summed E-state index contributed by atoms with van der Waals surface area (Å²) in [6.07, 6.45) is -2.09. The van der Waals surface area contributed by atoms with Gasteiger partial charge < -0.3 is 18.8 Å². The van der Waals surface area contributed by atoms with E-state index >= 15 is 0 Å². The van der Waals surface area contributed by atoms with Gasteiger partial charge in [-0.25, -0.2) is 0 Å². The molecule has 8 heteroatoms. The molecule has 0 N–H and O–H groups in total. The predicted molar refractivity (Wildman–Crippen MR) is 119 cm³/mol. The molecule has 33 heavy (non-hydrogen) atoms. The van der Waals surface area contributed by atoms with E-state index in [1.165, 1.54) is 24.3 Å². The van der Waals surface area contributed by atoms with Crippen molar-refractivity contribution in [3.63, 3.8) is 0 Å². The Morgan fingerprint density at radius 3 is 2.48 bits per heavy atom. The molecule has 0 amide bonds. The number of benzene rings is 2. The summed E-state index contributed by atoms with van der Waals surface area (Å²) < 4.78 is 52.6. The van der Waals surface area contributed by atoms with Crippen LogP contribution in [0.4, 0.5) is 13.2 Å². The second-order valence-corrected chi connectivity index (χ2v) is 7.71. The summed E-state index contributed by atoms with van der Waals surface area (Å²) >= 11 is 0.